The van der Waals surface area contributed by atoms with Gasteiger partial charge in [0.05, 0.1) is 6.10 Å². The van der Waals surface area contributed by atoms with Crippen molar-refractivity contribution < 1.29 is 9.53 Å². The molecule has 3 N–H and O–H groups in total. The molecule has 0 heterocycles. The fraction of sp³-hybridized carbons (Fsp3) is 0.462. The van der Waals surface area contributed by atoms with E-state index in [2.05, 4.69) is 5.32 Å². The zero-order valence-electron chi connectivity index (χ0n) is 10.8. The molecular weight excluding hydrogens is 216 g/mol. The van der Waals surface area contributed by atoms with Crippen LogP contribution in [0.1, 0.15) is 19.4 Å². The Morgan fingerprint density at radius 1 is 1.47 bits per heavy atom. The molecule has 0 aliphatic rings. The summed E-state index contributed by atoms with van der Waals surface area (Å²) in [5.74, 6) is -0.435. The molecule has 2 atom stereocenters. The second-order valence-corrected chi connectivity index (χ2v) is 4.38. The average Bonchev–Trinajstić information content (AvgIpc) is 2.30. The van der Waals surface area contributed by atoms with Gasteiger partial charge in [-0.15, -0.1) is 0 Å². The zero-order valence-corrected chi connectivity index (χ0v) is 10.8. The summed E-state index contributed by atoms with van der Waals surface area (Å²) in [6.07, 6.45) is -0.320. The summed E-state index contributed by atoms with van der Waals surface area (Å²) < 4.78 is 5.23. The van der Waals surface area contributed by atoms with Crippen molar-refractivity contribution in [3.8, 4) is 0 Å². The number of aryl methyl sites for hydroxylation is 1. The molecule has 0 saturated heterocycles. The first kappa shape index (κ1) is 13.5. The molecule has 0 saturated carbocycles. The maximum absolute atomic E-state index is 11.6. The van der Waals surface area contributed by atoms with Crippen LogP contribution >= 0.6 is 0 Å². The number of hydrogen-bond donors (Lipinski definition) is 2. The van der Waals surface area contributed by atoms with Gasteiger partial charge in [0, 0.05) is 12.8 Å². The lowest BCUT2D eigenvalue weighted by Gasteiger charge is -2.34. The summed E-state index contributed by atoms with van der Waals surface area (Å²) in [5, 5.41) is 3.17. The standard InChI is InChI=1S/C13H20N2O2/c1-9-7-5-6-8-11(9)15-13(3,12(14)16)10(2)17-4/h5-8,10,15H,1-4H3,(H2,14,16). The van der Waals surface area contributed by atoms with Crippen LogP contribution in [-0.4, -0.2) is 24.7 Å². The molecule has 0 aliphatic heterocycles. The number of rotatable bonds is 5. The number of methoxy groups -OCH3 is 1. The Kier molecular flexibility index (Phi) is 4.12. The van der Waals surface area contributed by atoms with Crippen molar-refractivity contribution in [2.45, 2.75) is 32.4 Å². The summed E-state index contributed by atoms with van der Waals surface area (Å²) >= 11 is 0. The molecule has 94 valence electrons. The van der Waals surface area contributed by atoms with Crippen molar-refractivity contribution in [1.82, 2.24) is 0 Å². The van der Waals surface area contributed by atoms with Crippen LogP contribution in [0.15, 0.2) is 24.3 Å². The van der Waals surface area contributed by atoms with Crippen molar-refractivity contribution in [1.29, 1.82) is 0 Å². The lowest BCUT2D eigenvalue weighted by atomic mass is 9.94. The predicted molar refractivity (Wildman–Crippen MR) is 68.9 cm³/mol. The van der Waals surface area contributed by atoms with Gasteiger partial charge in [-0.3, -0.25) is 4.79 Å². The predicted octanol–water partition coefficient (Wildman–Crippen LogP) is 1.69. The lowest BCUT2D eigenvalue weighted by Crippen LogP contribution is -2.56. The number of nitrogens with two attached hydrogens (primary N) is 1. The molecular formula is C13H20N2O2. The number of carbonyl (C=O) groups excluding carboxylic acids is 1. The molecule has 1 aromatic rings. The molecule has 0 aromatic heterocycles. The fourth-order valence-corrected chi connectivity index (χ4v) is 1.59. The average molecular weight is 236 g/mol. The van der Waals surface area contributed by atoms with Crippen molar-refractivity contribution in [2.75, 3.05) is 12.4 Å². The van der Waals surface area contributed by atoms with Crippen LogP contribution in [0.3, 0.4) is 0 Å². The van der Waals surface area contributed by atoms with Crippen LogP contribution in [0, 0.1) is 6.92 Å². The highest BCUT2D eigenvalue weighted by molar-refractivity contribution is 5.88. The third-order valence-corrected chi connectivity index (χ3v) is 3.22. The number of anilines is 1. The first-order valence-electron chi connectivity index (χ1n) is 5.58. The number of amides is 1. The van der Waals surface area contributed by atoms with E-state index in [4.69, 9.17) is 10.5 Å². The van der Waals surface area contributed by atoms with E-state index in [0.29, 0.717) is 0 Å². The van der Waals surface area contributed by atoms with Crippen LogP contribution in [0.25, 0.3) is 0 Å². The van der Waals surface area contributed by atoms with E-state index in [9.17, 15) is 4.79 Å². The van der Waals surface area contributed by atoms with Crippen LogP contribution in [0.2, 0.25) is 0 Å². The molecule has 0 aliphatic carbocycles. The van der Waals surface area contributed by atoms with Gasteiger partial charge in [-0.2, -0.15) is 0 Å². The highest BCUT2D eigenvalue weighted by Crippen LogP contribution is 2.22. The highest BCUT2D eigenvalue weighted by Gasteiger charge is 2.37. The molecule has 1 aromatic carbocycles. The van der Waals surface area contributed by atoms with E-state index < -0.39 is 11.4 Å². The maximum Gasteiger partial charge on any atom is 0.245 e. The number of para-hydroxylation sites is 1. The van der Waals surface area contributed by atoms with Crippen LogP contribution in [0.5, 0.6) is 0 Å². The van der Waals surface area contributed by atoms with Crippen molar-refractivity contribution in [3.05, 3.63) is 29.8 Å². The number of nitrogens with one attached hydrogen (secondary N) is 1. The minimum atomic E-state index is -0.930. The van der Waals surface area contributed by atoms with E-state index in [-0.39, 0.29) is 6.10 Å². The van der Waals surface area contributed by atoms with Gasteiger partial charge in [-0.05, 0) is 32.4 Å². The van der Waals surface area contributed by atoms with Gasteiger partial charge in [-0.25, -0.2) is 0 Å². The van der Waals surface area contributed by atoms with Crippen molar-refractivity contribution in [3.63, 3.8) is 0 Å². The van der Waals surface area contributed by atoms with Gasteiger partial charge >= 0.3 is 0 Å². The summed E-state index contributed by atoms with van der Waals surface area (Å²) in [7, 11) is 1.56. The third-order valence-electron chi connectivity index (χ3n) is 3.22. The third kappa shape index (κ3) is 2.77. The first-order chi connectivity index (χ1) is 7.91. The second kappa shape index (κ2) is 5.19. The van der Waals surface area contributed by atoms with Gasteiger partial charge in [0.15, 0.2) is 0 Å². The van der Waals surface area contributed by atoms with Crippen LogP contribution in [0.4, 0.5) is 5.69 Å². The number of benzene rings is 1. The molecule has 17 heavy (non-hydrogen) atoms. The summed E-state index contributed by atoms with van der Waals surface area (Å²) in [6.45, 7) is 5.53. The Bertz CT molecular complexity index is 406. The van der Waals surface area contributed by atoms with E-state index in [0.717, 1.165) is 11.3 Å². The number of primary amides is 1. The van der Waals surface area contributed by atoms with Gasteiger partial charge in [-0.1, -0.05) is 18.2 Å². The largest absolute Gasteiger partial charge is 0.379 e. The lowest BCUT2D eigenvalue weighted by molar-refractivity contribution is -0.125. The van der Waals surface area contributed by atoms with Gasteiger partial charge < -0.3 is 15.8 Å². The number of carbonyl (C=O) groups is 1. The summed E-state index contributed by atoms with van der Waals surface area (Å²) in [6, 6.07) is 7.75. The molecule has 1 rings (SSSR count). The van der Waals surface area contributed by atoms with E-state index >= 15 is 0 Å². The molecule has 0 spiro atoms. The minimum absolute atomic E-state index is 0.320. The molecule has 4 heteroatoms. The Morgan fingerprint density at radius 2 is 2.06 bits per heavy atom. The smallest absolute Gasteiger partial charge is 0.245 e. The maximum atomic E-state index is 11.6. The zero-order chi connectivity index (χ0) is 13.1. The van der Waals surface area contributed by atoms with Crippen molar-refractivity contribution in [2.24, 2.45) is 5.73 Å². The van der Waals surface area contributed by atoms with E-state index in [1.807, 2.05) is 38.1 Å². The summed E-state index contributed by atoms with van der Waals surface area (Å²) in [5.41, 5.74) is 6.48. The molecule has 0 radical (unpaired) electrons. The molecule has 1 amide bonds. The van der Waals surface area contributed by atoms with Crippen LogP contribution in [-0.2, 0) is 9.53 Å². The van der Waals surface area contributed by atoms with Crippen molar-refractivity contribution >= 4 is 11.6 Å². The van der Waals surface area contributed by atoms with Gasteiger partial charge in [0.2, 0.25) is 5.91 Å². The Morgan fingerprint density at radius 3 is 2.53 bits per heavy atom. The Balaban J connectivity index is 3.03. The minimum Gasteiger partial charge on any atom is -0.379 e. The summed E-state index contributed by atoms with van der Waals surface area (Å²) in [4.78, 5) is 11.6. The van der Waals surface area contributed by atoms with Gasteiger partial charge in [0.1, 0.15) is 5.54 Å². The molecule has 0 bridgehead atoms. The molecule has 2 unspecified atom stereocenters. The SMILES string of the molecule is COC(C)C(C)(Nc1ccccc1C)C(N)=O. The second-order valence-electron chi connectivity index (χ2n) is 4.38. The number of ether oxygens (including phenoxy) is 1. The first-order valence-corrected chi connectivity index (χ1v) is 5.58. The Labute approximate surface area is 102 Å². The normalized spacial score (nSPS) is 16.0. The monoisotopic (exact) mass is 236 g/mol. The number of hydrogen-bond acceptors (Lipinski definition) is 3. The van der Waals surface area contributed by atoms with E-state index in [1.165, 1.54) is 0 Å². The van der Waals surface area contributed by atoms with Crippen LogP contribution < -0.4 is 11.1 Å². The fourth-order valence-electron chi connectivity index (χ4n) is 1.59. The topological polar surface area (TPSA) is 64.3 Å². The molecule has 0 fully saturated rings. The van der Waals surface area contributed by atoms with Gasteiger partial charge in [0.25, 0.3) is 0 Å². The Hall–Kier alpha value is -1.55. The van der Waals surface area contributed by atoms with E-state index in [1.54, 1.807) is 14.0 Å². The quantitative estimate of drug-likeness (QED) is 0.817. The molecule has 4 nitrogen and oxygen atoms in total. The highest BCUT2D eigenvalue weighted by atomic mass is 16.5.